The fraction of sp³-hybridized carbons (Fsp3) is 0.118. The number of ketones is 1. The number of nitrogens with zero attached hydrogens (tertiary/aromatic N) is 1. The standard InChI is InChI=1S/C17H15NO2/c1-20-12-18-15-10-6-5-9-14(15)11-16(18)17(19)13-7-3-2-4-8-13/h2-11H,12H2,1H3. The Morgan fingerprint density at radius 3 is 2.50 bits per heavy atom. The Hall–Kier alpha value is -2.39. The van der Waals surface area contributed by atoms with E-state index in [-0.39, 0.29) is 5.78 Å². The van der Waals surface area contributed by atoms with Crippen molar-refractivity contribution in [3.8, 4) is 0 Å². The van der Waals surface area contributed by atoms with E-state index in [0.717, 1.165) is 10.9 Å². The average Bonchev–Trinajstić information content (AvgIpc) is 2.87. The molecule has 1 aromatic heterocycles. The number of hydrogen-bond donors (Lipinski definition) is 0. The predicted molar refractivity (Wildman–Crippen MR) is 78.8 cm³/mol. The summed E-state index contributed by atoms with van der Waals surface area (Å²) in [7, 11) is 1.63. The van der Waals surface area contributed by atoms with E-state index in [1.807, 2.05) is 65.2 Å². The largest absolute Gasteiger partial charge is 0.364 e. The molecule has 0 amide bonds. The SMILES string of the molecule is COCn1c(C(=O)c2ccccc2)cc2ccccc21. The zero-order chi connectivity index (χ0) is 13.9. The van der Waals surface area contributed by atoms with Crippen LogP contribution in [-0.4, -0.2) is 17.5 Å². The van der Waals surface area contributed by atoms with Crippen molar-refractivity contribution in [3.05, 3.63) is 71.9 Å². The minimum Gasteiger partial charge on any atom is -0.364 e. The van der Waals surface area contributed by atoms with E-state index in [1.54, 1.807) is 7.11 Å². The van der Waals surface area contributed by atoms with E-state index in [4.69, 9.17) is 4.74 Å². The van der Waals surface area contributed by atoms with Gasteiger partial charge in [0.15, 0.2) is 0 Å². The Kier molecular flexibility index (Phi) is 3.35. The van der Waals surface area contributed by atoms with Gasteiger partial charge in [-0.15, -0.1) is 0 Å². The highest BCUT2D eigenvalue weighted by Crippen LogP contribution is 2.22. The number of carbonyl (C=O) groups excluding carboxylic acids is 1. The Morgan fingerprint density at radius 1 is 1.05 bits per heavy atom. The highest BCUT2D eigenvalue weighted by atomic mass is 16.5. The van der Waals surface area contributed by atoms with E-state index in [9.17, 15) is 4.79 Å². The third kappa shape index (κ3) is 2.12. The summed E-state index contributed by atoms with van der Waals surface area (Å²) in [5.74, 6) is 0.0128. The van der Waals surface area contributed by atoms with Gasteiger partial charge in [0, 0.05) is 18.1 Å². The van der Waals surface area contributed by atoms with Crippen molar-refractivity contribution < 1.29 is 9.53 Å². The van der Waals surface area contributed by atoms with Crippen LogP contribution in [0.2, 0.25) is 0 Å². The maximum atomic E-state index is 12.6. The van der Waals surface area contributed by atoms with Gasteiger partial charge in [0.25, 0.3) is 0 Å². The smallest absolute Gasteiger partial charge is 0.209 e. The topological polar surface area (TPSA) is 31.2 Å². The van der Waals surface area contributed by atoms with Gasteiger partial charge >= 0.3 is 0 Å². The van der Waals surface area contributed by atoms with Crippen LogP contribution in [0.3, 0.4) is 0 Å². The van der Waals surface area contributed by atoms with Crippen molar-refractivity contribution >= 4 is 16.7 Å². The van der Waals surface area contributed by atoms with Crippen molar-refractivity contribution in [2.75, 3.05) is 7.11 Å². The second-order valence-corrected chi connectivity index (χ2v) is 4.63. The maximum absolute atomic E-state index is 12.6. The fourth-order valence-corrected chi connectivity index (χ4v) is 2.40. The lowest BCUT2D eigenvalue weighted by Gasteiger charge is -2.08. The second-order valence-electron chi connectivity index (χ2n) is 4.63. The van der Waals surface area contributed by atoms with Crippen molar-refractivity contribution in [1.29, 1.82) is 0 Å². The third-order valence-electron chi connectivity index (χ3n) is 3.34. The Balaban J connectivity index is 2.15. The van der Waals surface area contributed by atoms with Crippen LogP contribution in [0.1, 0.15) is 16.1 Å². The molecule has 1 heterocycles. The first-order valence-corrected chi connectivity index (χ1v) is 6.48. The summed E-state index contributed by atoms with van der Waals surface area (Å²) >= 11 is 0. The molecule has 0 unspecified atom stereocenters. The number of hydrogen-bond acceptors (Lipinski definition) is 2. The first-order valence-electron chi connectivity index (χ1n) is 6.48. The van der Waals surface area contributed by atoms with Gasteiger partial charge in [-0.25, -0.2) is 0 Å². The molecular formula is C17H15NO2. The predicted octanol–water partition coefficient (Wildman–Crippen LogP) is 3.48. The van der Waals surface area contributed by atoms with Crippen LogP contribution in [0.4, 0.5) is 0 Å². The van der Waals surface area contributed by atoms with E-state index in [0.29, 0.717) is 18.0 Å². The van der Waals surface area contributed by atoms with Gasteiger partial charge in [-0.2, -0.15) is 0 Å². The van der Waals surface area contributed by atoms with Crippen LogP contribution < -0.4 is 0 Å². The fourth-order valence-electron chi connectivity index (χ4n) is 2.40. The summed E-state index contributed by atoms with van der Waals surface area (Å²) in [5, 5.41) is 1.05. The molecule has 3 aromatic rings. The highest BCUT2D eigenvalue weighted by Gasteiger charge is 2.16. The zero-order valence-electron chi connectivity index (χ0n) is 11.2. The molecule has 0 aliphatic carbocycles. The van der Waals surface area contributed by atoms with E-state index in [1.165, 1.54) is 0 Å². The van der Waals surface area contributed by atoms with E-state index in [2.05, 4.69) is 0 Å². The Labute approximate surface area is 117 Å². The summed E-state index contributed by atoms with van der Waals surface area (Å²) in [6.07, 6.45) is 0. The molecule has 2 aromatic carbocycles. The molecule has 0 radical (unpaired) electrons. The summed E-state index contributed by atoms with van der Waals surface area (Å²) < 4.78 is 7.14. The van der Waals surface area contributed by atoms with Gasteiger partial charge in [0.1, 0.15) is 6.73 Å². The number of rotatable bonds is 4. The minimum atomic E-state index is 0.0128. The van der Waals surface area contributed by atoms with Crippen molar-refractivity contribution in [3.63, 3.8) is 0 Å². The van der Waals surface area contributed by atoms with Crippen LogP contribution >= 0.6 is 0 Å². The summed E-state index contributed by atoms with van der Waals surface area (Å²) in [5.41, 5.74) is 2.35. The van der Waals surface area contributed by atoms with Gasteiger partial charge in [0.2, 0.25) is 5.78 Å². The molecule has 0 fully saturated rings. The number of carbonyl (C=O) groups is 1. The second kappa shape index (κ2) is 5.31. The number of fused-ring (bicyclic) bond motifs is 1. The minimum absolute atomic E-state index is 0.0128. The number of ether oxygens (including phenoxy) is 1. The molecule has 20 heavy (non-hydrogen) atoms. The van der Waals surface area contributed by atoms with Crippen molar-refractivity contribution in [1.82, 2.24) is 4.57 Å². The van der Waals surface area contributed by atoms with E-state index >= 15 is 0 Å². The third-order valence-corrected chi connectivity index (χ3v) is 3.34. The number of aromatic nitrogens is 1. The molecule has 0 saturated carbocycles. The molecule has 3 nitrogen and oxygen atoms in total. The summed E-state index contributed by atoms with van der Waals surface area (Å²) in [4.78, 5) is 12.6. The van der Waals surface area contributed by atoms with Gasteiger partial charge in [-0.3, -0.25) is 4.79 Å². The molecule has 0 saturated heterocycles. The Morgan fingerprint density at radius 2 is 1.75 bits per heavy atom. The first kappa shape index (κ1) is 12.6. The molecule has 100 valence electrons. The highest BCUT2D eigenvalue weighted by molar-refractivity contribution is 6.10. The van der Waals surface area contributed by atoms with Crippen LogP contribution in [0.5, 0.6) is 0 Å². The van der Waals surface area contributed by atoms with Gasteiger partial charge in [-0.05, 0) is 12.1 Å². The van der Waals surface area contributed by atoms with Gasteiger partial charge in [-0.1, -0.05) is 48.5 Å². The number of methoxy groups -OCH3 is 1. The first-order chi connectivity index (χ1) is 9.81. The number of para-hydroxylation sites is 1. The molecule has 0 atom stereocenters. The van der Waals surface area contributed by atoms with E-state index < -0.39 is 0 Å². The lowest BCUT2D eigenvalue weighted by atomic mass is 10.1. The lowest BCUT2D eigenvalue weighted by molar-refractivity contribution is 0.0994. The summed E-state index contributed by atoms with van der Waals surface area (Å²) in [6.45, 7) is 0.363. The molecule has 0 N–H and O–H groups in total. The zero-order valence-corrected chi connectivity index (χ0v) is 11.2. The normalized spacial score (nSPS) is 10.8. The van der Waals surface area contributed by atoms with Crippen molar-refractivity contribution in [2.24, 2.45) is 0 Å². The molecular weight excluding hydrogens is 250 g/mol. The molecule has 3 rings (SSSR count). The molecule has 0 spiro atoms. The van der Waals surface area contributed by atoms with Crippen LogP contribution in [0.15, 0.2) is 60.7 Å². The molecule has 0 aliphatic heterocycles. The maximum Gasteiger partial charge on any atom is 0.209 e. The Bertz CT molecular complexity index is 744. The van der Waals surface area contributed by atoms with Crippen LogP contribution in [0.25, 0.3) is 10.9 Å². The van der Waals surface area contributed by atoms with Gasteiger partial charge < -0.3 is 9.30 Å². The van der Waals surface area contributed by atoms with Crippen LogP contribution in [0, 0.1) is 0 Å². The number of benzene rings is 2. The molecule has 3 heteroatoms. The molecule has 0 aliphatic rings. The quantitative estimate of drug-likeness (QED) is 0.676. The summed E-state index contributed by atoms with van der Waals surface area (Å²) in [6, 6.07) is 19.2. The van der Waals surface area contributed by atoms with Crippen molar-refractivity contribution in [2.45, 2.75) is 6.73 Å². The van der Waals surface area contributed by atoms with Gasteiger partial charge in [0.05, 0.1) is 11.2 Å². The average molecular weight is 265 g/mol. The lowest BCUT2D eigenvalue weighted by Crippen LogP contribution is -2.11. The van der Waals surface area contributed by atoms with Crippen LogP contribution in [-0.2, 0) is 11.5 Å². The monoisotopic (exact) mass is 265 g/mol. The molecule has 0 bridgehead atoms.